The van der Waals surface area contributed by atoms with Crippen LogP contribution in [0, 0.1) is 0 Å². The number of hydrogen-bond acceptors (Lipinski definition) is 3. The van der Waals surface area contributed by atoms with Crippen LogP contribution in [-0.4, -0.2) is 42.2 Å². The molecule has 0 aliphatic carbocycles. The fourth-order valence-corrected chi connectivity index (χ4v) is 2.89. The van der Waals surface area contributed by atoms with Gasteiger partial charge in [-0.05, 0) is 54.8 Å². The highest BCUT2D eigenvalue weighted by Crippen LogP contribution is 2.10. The van der Waals surface area contributed by atoms with Gasteiger partial charge in [0, 0.05) is 18.8 Å². The van der Waals surface area contributed by atoms with E-state index in [0.29, 0.717) is 6.54 Å². The predicted molar refractivity (Wildman–Crippen MR) is 111 cm³/mol. The number of rotatable bonds is 10. The van der Waals surface area contributed by atoms with E-state index >= 15 is 0 Å². The van der Waals surface area contributed by atoms with E-state index in [1.807, 2.05) is 36.4 Å². The molecular formula is C22H31N3O2. The average molecular weight is 370 g/mol. The Morgan fingerprint density at radius 3 is 2.04 bits per heavy atom. The fraction of sp³-hybridized carbons (Fsp3) is 0.409. The van der Waals surface area contributed by atoms with E-state index in [2.05, 4.69) is 41.5 Å². The van der Waals surface area contributed by atoms with Crippen LogP contribution in [0.15, 0.2) is 48.5 Å². The van der Waals surface area contributed by atoms with Crippen molar-refractivity contribution in [1.82, 2.24) is 10.2 Å². The Hall–Kier alpha value is -2.37. The summed E-state index contributed by atoms with van der Waals surface area (Å²) in [5.74, 6) is 0. The zero-order chi connectivity index (χ0) is 19.5. The summed E-state index contributed by atoms with van der Waals surface area (Å²) in [7, 11) is 0. The molecule has 0 atom stereocenters. The second kappa shape index (κ2) is 11.4. The molecule has 5 heteroatoms. The minimum atomic E-state index is -0.196. The number of amides is 2. The SMILES string of the molecule is CCN(CC)CCc1ccc(NC(=O)NCCc2ccc(CO)cc2)cc1. The van der Waals surface area contributed by atoms with Crippen molar-refractivity contribution < 1.29 is 9.90 Å². The van der Waals surface area contributed by atoms with Gasteiger partial charge in [0.05, 0.1) is 6.61 Å². The maximum atomic E-state index is 12.0. The van der Waals surface area contributed by atoms with E-state index in [1.54, 1.807) is 0 Å². The summed E-state index contributed by atoms with van der Waals surface area (Å²) >= 11 is 0. The molecule has 0 radical (unpaired) electrons. The van der Waals surface area contributed by atoms with Gasteiger partial charge in [-0.25, -0.2) is 4.79 Å². The van der Waals surface area contributed by atoms with Gasteiger partial charge in [-0.2, -0.15) is 0 Å². The molecule has 0 unspecified atom stereocenters. The average Bonchev–Trinajstić information content (AvgIpc) is 2.70. The van der Waals surface area contributed by atoms with Gasteiger partial charge >= 0.3 is 6.03 Å². The van der Waals surface area contributed by atoms with Crippen LogP contribution in [0.4, 0.5) is 10.5 Å². The highest BCUT2D eigenvalue weighted by atomic mass is 16.3. The quantitative estimate of drug-likeness (QED) is 0.601. The lowest BCUT2D eigenvalue weighted by Crippen LogP contribution is -2.30. The van der Waals surface area contributed by atoms with Crippen LogP contribution in [-0.2, 0) is 19.4 Å². The van der Waals surface area contributed by atoms with Crippen molar-refractivity contribution in [2.24, 2.45) is 0 Å². The predicted octanol–water partition coefficient (Wildman–Crippen LogP) is 3.43. The van der Waals surface area contributed by atoms with Crippen LogP contribution >= 0.6 is 0 Å². The number of benzene rings is 2. The highest BCUT2D eigenvalue weighted by Gasteiger charge is 2.03. The highest BCUT2D eigenvalue weighted by molar-refractivity contribution is 5.89. The number of likely N-dealkylation sites (N-methyl/N-ethyl adjacent to an activating group) is 1. The Bertz CT molecular complexity index is 680. The van der Waals surface area contributed by atoms with Crippen molar-refractivity contribution in [2.45, 2.75) is 33.3 Å². The first-order chi connectivity index (χ1) is 13.1. The van der Waals surface area contributed by atoms with Gasteiger partial charge in [0.1, 0.15) is 0 Å². The zero-order valence-electron chi connectivity index (χ0n) is 16.4. The molecule has 2 amide bonds. The van der Waals surface area contributed by atoms with Crippen LogP contribution in [0.2, 0.25) is 0 Å². The lowest BCUT2D eigenvalue weighted by Gasteiger charge is -2.17. The van der Waals surface area contributed by atoms with Gasteiger partial charge in [0.25, 0.3) is 0 Å². The largest absolute Gasteiger partial charge is 0.392 e. The Morgan fingerprint density at radius 1 is 0.889 bits per heavy atom. The molecule has 0 fully saturated rings. The third-order valence-electron chi connectivity index (χ3n) is 4.73. The van der Waals surface area contributed by atoms with Crippen LogP contribution in [0.3, 0.4) is 0 Å². The van der Waals surface area contributed by atoms with Crippen molar-refractivity contribution in [1.29, 1.82) is 0 Å². The summed E-state index contributed by atoms with van der Waals surface area (Å²) in [5, 5.41) is 14.8. The first kappa shape index (κ1) is 20.9. The third-order valence-corrected chi connectivity index (χ3v) is 4.73. The number of urea groups is 1. The fourth-order valence-electron chi connectivity index (χ4n) is 2.89. The number of anilines is 1. The van der Waals surface area contributed by atoms with Crippen molar-refractivity contribution in [2.75, 3.05) is 31.5 Å². The number of hydrogen-bond donors (Lipinski definition) is 3. The normalized spacial score (nSPS) is 10.8. The van der Waals surface area contributed by atoms with Gasteiger partial charge < -0.3 is 20.6 Å². The monoisotopic (exact) mass is 369 g/mol. The summed E-state index contributed by atoms with van der Waals surface area (Å²) in [6.07, 6.45) is 1.77. The molecule has 0 spiro atoms. The molecule has 2 rings (SSSR count). The number of carbonyl (C=O) groups excluding carboxylic acids is 1. The van der Waals surface area contributed by atoms with E-state index in [1.165, 1.54) is 5.56 Å². The van der Waals surface area contributed by atoms with Gasteiger partial charge in [-0.15, -0.1) is 0 Å². The zero-order valence-corrected chi connectivity index (χ0v) is 16.4. The molecule has 2 aromatic carbocycles. The molecule has 3 N–H and O–H groups in total. The van der Waals surface area contributed by atoms with Crippen molar-refractivity contribution in [3.8, 4) is 0 Å². The Morgan fingerprint density at radius 2 is 1.44 bits per heavy atom. The lowest BCUT2D eigenvalue weighted by molar-refractivity contribution is 0.252. The Kier molecular flexibility index (Phi) is 8.81. The summed E-state index contributed by atoms with van der Waals surface area (Å²) in [4.78, 5) is 14.4. The molecule has 0 bridgehead atoms. The first-order valence-electron chi connectivity index (χ1n) is 9.69. The molecule has 0 aliphatic rings. The van der Waals surface area contributed by atoms with E-state index in [4.69, 9.17) is 5.11 Å². The molecule has 0 saturated heterocycles. The van der Waals surface area contributed by atoms with Gasteiger partial charge in [-0.3, -0.25) is 0 Å². The maximum Gasteiger partial charge on any atom is 0.319 e. The van der Waals surface area contributed by atoms with Gasteiger partial charge in [0.15, 0.2) is 0 Å². The Labute approximate surface area is 162 Å². The van der Waals surface area contributed by atoms with Gasteiger partial charge in [0.2, 0.25) is 0 Å². The van der Waals surface area contributed by atoms with E-state index in [9.17, 15) is 4.79 Å². The van der Waals surface area contributed by atoms with Crippen molar-refractivity contribution in [3.05, 3.63) is 65.2 Å². The van der Waals surface area contributed by atoms with Crippen molar-refractivity contribution in [3.63, 3.8) is 0 Å². The summed E-state index contributed by atoms with van der Waals surface area (Å²) in [5.41, 5.74) is 4.10. The Balaban J connectivity index is 1.71. The molecule has 0 saturated carbocycles. The third kappa shape index (κ3) is 7.41. The van der Waals surface area contributed by atoms with Crippen LogP contribution in [0.25, 0.3) is 0 Å². The van der Waals surface area contributed by atoms with Gasteiger partial charge in [-0.1, -0.05) is 50.2 Å². The lowest BCUT2D eigenvalue weighted by atomic mass is 10.1. The van der Waals surface area contributed by atoms with Crippen LogP contribution in [0.1, 0.15) is 30.5 Å². The number of aliphatic hydroxyl groups is 1. The molecule has 27 heavy (non-hydrogen) atoms. The first-order valence-corrected chi connectivity index (χ1v) is 9.69. The summed E-state index contributed by atoms with van der Waals surface area (Å²) in [6, 6.07) is 15.6. The van der Waals surface area contributed by atoms with E-state index < -0.39 is 0 Å². The number of nitrogens with zero attached hydrogens (tertiary/aromatic N) is 1. The second-order valence-corrected chi connectivity index (χ2v) is 6.58. The number of carbonyl (C=O) groups is 1. The smallest absolute Gasteiger partial charge is 0.319 e. The molecule has 0 heterocycles. The minimum Gasteiger partial charge on any atom is -0.392 e. The molecule has 146 valence electrons. The van der Waals surface area contributed by atoms with E-state index in [-0.39, 0.29) is 12.6 Å². The minimum absolute atomic E-state index is 0.0508. The molecule has 0 aliphatic heterocycles. The summed E-state index contributed by atoms with van der Waals surface area (Å²) < 4.78 is 0. The molecule has 0 aromatic heterocycles. The van der Waals surface area contributed by atoms with Crippen LogP contribution in [0.5, 0.6) is 0 Å². The topological polar surface area (TPSA) is 64.6 Å². The number of aliphatic hydroxyl groups excluding tert-OH is 1. The molecular weight excluding hydrogens is 338 g/mol. The second-order valence-electron chi connectivity index (χ2n) is 6.58. The van der Waals surface area contributed by atoms with Crippen molar-refractivity contribution >= 4 is 11.7 Å². The maximum absolute atomic E-state index is 12.0. The number of nitrogens with one attached hydrogen (secondary N) is 2. The van der Waals surface area contributed by atoms with E-state index in [0.717, 1.165) is 49.3 Å². The van der Waals surface area contributed by atoms with Crippen LogP contribution < -0.4 is 10.6 Å². The molecule has 5 nitrogen and oxygen atoms in total. The summed E-state index contributed by atoms with van der Waals surface area (Å²) in [6.45, 7) is 8.17. The standard InChI is InChI=1S/C22H31N3O2/c1-3-25(4-2)16-14-19-9-11-21(12-10-19)24-22(27)23-15-13-18-5-7-20(17-26)8-6-18/h5-12,26H,3-4,13-17H2,1-2H3,(H2,23,24,27). The molecule has 2 aromatic rings.